The molecule has 1 N–H and O–H groups in total. The van der Waals surface area contributed by atoms with E-state index in [0.29, 0.717) is 0 Å². The fourth-order valence-electron chi connectivity index (χ4n) is 3.38. The van der Waals surface area contributed by atoms with Crippen LogP contribution in [0.2, 0.25) is 0 Å². The molecule has 118 valence electrons. The van der Waals surface area contributed by atoms with Gasteiger partial charge in [-0.05, 0) is 55.7 Å². The van der Waals surface area contributed by atoms with Crippen LogP contribution in [-0.4, -0.2) is 18.1 Å². The van der Waals surface area contributed by atoms with Gasteiger partial charge in [0.15, 0.2) is 0 Å². The van der Waals surface area contributed by atoms with Gasteiger partial charge >= 0.3 is 0 Å². The first-order valence-corrected chi connectivity index (χ1v) is 8.07. The lowest BCUT2D eigenvalue weighted by atomic mass is 9.88. The van der Waals surface area contributed by atoms with Gasteiger partial charge in [-0.25, -0.2) is 0 Å². The van der Waals surface area contributed by atoms with Crippen LogP contribution in [0, 0.1) is 5.92 Å². The number of carbonyl (C=O) groups is 1. The summed E-state index contributed by atoms with van der Waals surface area (Å²) in [6, 6.07) is 17.1. The Hall–Kier alpha value is -2.33. The summed E-state index contributed by atoms with van der Waals surface area (Å²) in [5, 5.41) is 2.99. The Kier molecular flexibility index (Phi) is 3.75. The average Bonchev–Trinajstić information content (AvgIpc) is 3.21. The maximum atomic E-state index is 12.4. The molecule has 2 aromatic carbocycles. The molecular weight excluding hydrogens is 290 g/mol. The van der Waals surface area contributed by atoms with Crippen LogP contribution in [0.3, 0.4) is 0 Å². The molecule has 2 saturated heterocycles. The van der Waals surface area contributed by atoms with Crippen molar-refractivity contribution in [1.82, 2.24) is 0 Å². The van der Waals surface area contributed by atoms with E-state index in [1.54, 1.807) is 0 Å². The monoisotopic (exact) mass is 309 g/mol. The molecule has 2 heterocycles. The number of hydrogen-bond acceptors (Lipinski definition) is 3. The van der Waals surface area contributed by atoms with Crippen LogP contribution >= 0.6 is 0 Å². The average molecular weight is 309 g/mol. The molecule has 2 fully saturated rings. The molecule has 4 rings (SSSR count). The molecule has 0 spiro atoms. The molecule has 0 aromatic heterocycles. The van der Waals surface area contributed by atoms with Gasteiger partial charge in [0, 0.05) is 5.69 Å². The molecule has 2 aromatic rings. The van der Waals surface area contributed by atoms with Crippen molar-refractivity contribution in [3.05, 3.63) is 54.6 Å². The minimum Gasteiger partial charge on any atom is -0.457 e. The normalized spacial score (nSPS) is 25.3. The molecule has 0 radical (unpaired) electrons. The van der Waals surface area contributed by atoms with E-state index in [9.17, 15) is 4.79 Å². The van der Waals surface area contributed by atoms with Crippen LogP contribution in [0.4, 0.5) is 5.69 Å². The molecular formula is C19H19NO3. The summed E-state index contributed by atoms with van der Waals surface area (Å²) >= 11 is 0. The van der Waals surface area contributed by atoms with Gasteiger partial charge in [-0.2, -0.15) is 0 Å². The van der Waals surface area contributed by atoms with Gasteiger partial charge in [-0.15, -0.1) is 0 Å². The van der Waals surface area contributed by atoms with E-state index in [0.717, 1.165) is 36.4 Å². The molecule has 0 aliphatic carbocycles. The molecule has 0 saturated carbocycles. The van der Waals surface area contributed by atoms with E-state index in [-0.39, 0.29) is 24.0 Å². The lowest BCUT2D eigenvalue weighted by Crippen LogP contribution is -2.30. The Bertz CT molecular complexity index is 684. The number of hydrogen-bond donors (Lipinski definition) is 1. The van der Waals surface area contributed by atoms with Gasteiger partial charge in [-0.1, -0.05) is 18.2 Å². The van der Waals surface area contributed by atoms with Crippen molar-refractivity contribution < 1.29 is 14.3 Å². The molecule has 2 aliphatic rings. The number of benzene rings is 2. The van der Waals surface area contributed by atoms with Crippen molar-refractivity contribution >= 4 is 11.6 Å². The second-order valence-electron chi connectivity index (χ2n) is 6.14. The van der Waals surface area contributed by atoms with Crippen LogP contribution < -0.4 is 10.1 Å². The quantitative estimate of drug-likeness (QED) is 0.929. The summed E-state index contributed by atoms with van der Waals surface area (Å²) in [5.41, 5.74) is 0.790. The van der Waals surface area contributed by atoms with Crippen LogP contribution in [0.25, 0.3) is 0 Å². The molecule has 3 atom stereocenters. The van der Waals surface area contributed by atoms with Crippen molar-refractivity contribution in [2.24, 2.45) is 5.92 Å². The third-order valence-corrected chi connectivity index (χ3v) is 4.54. The van der Waals surface area contributed by atoms with E-state index in [1.807, 2.05) is 54.6 Å². The number of fused-ring (bicyclic) bond motifs is 2. The first-order valence-electron chi connectivity index (χ1n) is 8.07. The maximum Gasteiger partial charge on any atom is 0.230 e. The van der Waals surface area contributed by atoms with Gasteiger partial charge in [-0.3, -0.25) is 4.79 Å². The van der Waals surface area contributed by atoms with Crippen LogP contribution in [0.1, 0.15) is 19.3 Å². The van der Waals surface area contributed by atoms with Crippen LogP contribution in [0.5, 0.6) is 11.5 Å². The molecule has 1 amide bonds. The number of nitrogens with one attached hydrogen (secondary N) is 1. The molecule has 3 unspecified atom stereocenters. The molecule has 4 nitrogen and oxygen atoms in total. The zero-order valence-electron chi connectivity index (χ0n) is 12.8. The summed E-state index contributed by atoms with van der Waals surface area (Å²) in [4.78, 5) is 12.4. The molecule has 2 aliphatic heterocycles. The highest BCUT2D eigenvalue weighted by Crippen LogP contribution is 2.39. The van der Waals surface area contributed by atoms with E-state index in [1.165, 1.54) is 0 Å². The van der Waals surface area contributed by atoms with Gasteiger partial charge < -0.3 is 14.8 Å². The van der Waals surface area contributed by atoms with Crippen molar-refractivity contribution in [2.45, 2.75) is 31.5 Å². The largest absolute Gasteiger partial charge is 0.457 e. The minimum absolute atomic E-state index is 0.00556. The Balaban J connectivity index is 1.37. The second-order valence-corrected chi connectivity index (χ2v) is 6.14. The van der Waals surface area contributed by atoms with Crippen molar-refractivity contribution in [1.29, 1.82) is 0 Å². The Labute approximate surface area is 135 Å². The number of ether oxygens (including phenoxy) is 2. The highest BCUT2D eigenvalue weighted by molar-refractivity contribution is 5.93. The zero-order valence-corrected chi connectivity index (χ0v) is 12.8. The van der Waals surface area contributed by atoms with E-state index in [4.69, 9.17) is 9.47 Å². The number of carbonyl (C=O) groups excluding carboxylic acids is 1. The maximum absolute atomic E-state index is 12.4. The Morgan fingerprint density at radius 1 is 1.00 bits per heavy atom. The van der Waals surface area contributed by atoms with Gasteiger partial charge in [0.1, 0.15) is 11.5 Å². The van der Waals surface area contributed by atoms with Gasteiger partial charge in [0.2, 0.25) is 5.91 Å². The van der Waals surface area contributed by atoms with E-state index in [2.05, 4.69) is 5.32 Å². The van der Waals surface area contributed by atoms with Crippen LogP contribution in [0.15, 0.2) is 54.6 Å². The molecule has 23 heavy (non-hydrogen) atoms. The highest BCUT2D eigenvalue weighted by atomic mass is 16.5. The third kappa shape index (κ3) is 3.08. The predicted molar refractivity (Wildman–Crippen MR) is 87.6 cm³/mol. The summed E-state index contributed by atoms with van der Waals surface area (Å²) in [6.07, 6.45) is 3.36. The molecule has 4 heteroatoms. The third-order valence-electron chi connectivity index (χ3n) is 4.54. The first-order chi connectivity index (χ1) is 11.3. The van der Waals surface area contributed by atoms with Gasteiger partial charge in [0.05, 0.1) is 18.1 Å². The minimum atomic E-state index is -0.00556. The number of para-hydroxylation sites is 1. The standard InChI is InChI=1S/C19H19NO3/c21-19(17-12-16-10-11-18(17)23-16)20-13-6-8-15(9-7-13)22-14-4-2-1-3-5-14/h1-9,16-18H,10-12H2,(H,20,21). The first kappa shape index (κ1) is 14.3. The Morgan fingerprint density at radius 3 is 2.39 bits per heavy atom. The van der Waals surface area contributed by atoms with Crippen molar-refractivity contribution in [3.8, 4) is 11.5 Å². The second kappa shape index (κ2) is 6.05. The summed E-state index contributed by atoms with van der Waals surface area (Å²) in [6.45, 7) is 0. The van der Waals surface area contributed by atoms with Crippen molar-refractivity contribution in [2.75, 3.05) is 5.32 Å². The lowest BCUT2D eigenvalue weighted by molar-refractivity contribution is -0.121. The van der Waals surface area contributed by atoms with E-state index < -0.39 is 0 Å². The summed E-state index contributed by atoms with van der Waals surface area (Å²) in [7, 11) is 0. The number of anilines is 1. The van der Waals surface area contributed by atoms with Crippen LogP contribution in [-0.2, 0) is 9.53 Å². The van der Waals surface area contributed by atoms with E-state index >= 15 is 0 Å². The predicted octanol–water partition coefficient (Wildman–Crippen LogP) is 3.98. The zero-order chi connectivity index (χ0) is 15.6. The number of rotatable bonds is 4. The smallest absolute Gasteiger partial charge is 0.230 e. The fourth-order valence-corrected chi connectivity index (χ4v) is 3.38. The fraction of sp³-hybridized carbons (Fsp3) is 0.316. The van der Waals surface area contributed by atoms with Gasteiger partial charge in [0.25, 0.3) is 0 Å². The number of amides is 1. The lowest BCUT2D eigenvalue weighted by Gasteiger charge is -2.18. The van der Waals surface area contributed by atoms with Crippen molar-refractivity contribution in [3.63, 3.8) is 0 Å². The summed E-state index contributed by atoms with van der Waals surface area (Å²) in [5.74, 6) is 1.60. The highest BCUT2D eigenvalue weighted by Gasteiger charge is 2.44. The Morgan fingerprint density at radius 2 is 1.74 bits per heavy atom. The SMILES string of the molecule is O=C(Nc1ccc(Oc2ccccc2)cc1)C1CC2CCC1O2. The summed E-state index contributed by atoms with van der Waals surface area (Å²) < 4.78 is 11.5. The molecule has 2 bridgehead atoms. The topological polar surface area (TPSA) is 47.6 Å².